The van der Waals surface area contributed by atoms with Crippen molar-refractivity contribution in [2.45, 2.75) is 69.9 Å². The Labute approximate surface area is 160 Å². The highest BCUT2D eigenvalue weighted by Crippen LogP contribution is 2.41. The number of para-hydroxylation sites is 1. The van der Waals surface area contributed by atoms with Crippen molar-refractivity contribution in [2.24, 2.45) is 0 Å². The van der Waals surface area contributed by atoms with Crippen LogP contribution in [-0.2, 0) is 20.7 Å². The van der Waals surface area contributed by atoms with Crippen molar-refractivity contribution in [3.05, 3.63) is 23.8 Å². The summed E-state index contributed by atoms with van der Waals surface area (Å²) in [5.74, 6) is 0.800. The van der Waals surface area contributed by atoms with Gasteiger partial charge in [0.1, 0.15) is 11.7 Å². The van der Waals surface area contributed by atoms with Crippen molar-refractivity contribution >= 4 is 5.91 Å². The first-order valence-corrected chi connectivity index (χ1v) is 9.97. The summed E-state index contributed by atoms with van der Waals surface area (Å²) in [4.78, 5) is 12.2. The topological polar surface area (TPSA) is 66.0 Å². The fourth-order valence-corrected chi connectivity index (χ4v) is 4.19. The summed E-state index contributed by atoms with van der Waals surface area (Å²) in [7, 11) is 0. The van der Waals surface area contributed by atoms with Crippen molar-refractivity contribution in [1.82, 2.24) is 5.32 Å². The Morgan fingerprint density at radius 2 is 2.07 bits per heavy atom. The minimum atomic E-state index is -0.404. The molecule has 3 aliphatic rings. The Kier molecular flexibility index (Phi) is 5.03. The molecule has 0 radical (unpaired) electrons. The molecule has 0 aromatic heterocycles. The third-order valence-corrected chi connectivity index (χ3v) is 5.47. The molecule has 4 rings (SSSR count). The van der Waals surface area contributed by atoms with Gasteiger partial charge in [-0.3, -0.25) is 4.79 Å². The predicted molar refractivity (Wildman–Crippen MR) is 100.0 cm³/mol. The molecule has 1 spiro atoms. The summed E-state index contributed by atoms with van der Waals surface area (Å²) in [5.41, 5.74) is 0.881. The van der Waals surface area contributed by atoms with Crippen LogP contribution in [0.3, 0.4) is 0 Å². The Morgan fingerprint density at radius 1 is 1.26 bits per heavy atom. The number of nitrogens with one attached hydrogen (secondary N) is 1. The van der Waals surface area contributed by atoms with E-state index in [0.717, 1.165) is 43.4 Å². The van der Waals surface area contributed by atoms with Crippen molar-refractivity contribution in [1.29, 1.82) is 0 Å². The van der Waals surface area contributed by atoms with Gasteiger partial charge in [0.05, 0.1) is 6.61 Å². The second kappa shape index (κ2) is 7.32. The number of fused-ring (bicyclic) bond motifs is 1. The maximum absolute atomic E-state index is 12.2. The lowest BCUT2D eigenvalue weighted by atomic mass is 9.94. The fraction of sp³-hybridized carbons (Fsp3) is 0.667. The van der Waals surface area contributed by atoms with Crippen LogP contribution in [0.5, 0.6) is 11.5 Å². The molecule has 2 aliphatic heterocycles. The van der Waals surface area contributed by atoms with E-state index < -0.39 is 5.79 Å². The zero-order valence-electron chi connectivity index (χ0n) is 16.2. The third kappa shape index (κ3) is 4.22. The van der Waals surface area contributed by atoms with Crippen LogP contribution in [0.4, 0.5) is 0 Å². The van der Waals surface area contributed by atoms with E-state index in [1.165, 1.54) is 6.42 Å². The molecule has 2 fully saturated rings. The predicted octanol–water partition coefficient (Wildman–Crippen LogP) is 2.97. The summed E-state index contributed by atoms with van der Waals surface area (Å²) in [6, 6.07) is 5.81. The van der Waals surface area contributed by atoms with E-state index >= 15 is 0 Å². The molecule has 6 nitrogen and oxygen atoms in total. The van der Waals surface area contributed by atoms with E-state index in [0.29, 0.717) is 18.9 Å². The molecule has 6 heteroatoms. The molecule has 1 N–H and O–H groups in total. The van der Waals surface area contributed by atoms with Crippen LogP contribution < -0.4 is 14.8 Å². The van der Waals surface area contributed by atoms with E-state index in [4.69, 9.17) is 18.9 Å². The third-order valence-electron chi connectivity index (χ3n) is 5.47. The molecule has 1 aliphatic carbocycles. The summed E-state index contributed by atoms with van der Waals surface area (Å²) in [6.07, 6.45) is 6.20. The number of hydrogen-bond acceptors (Lipinski definition) is 5. The minimum Gasteiger partial charge on any atom is -0.483 e. The quantitative estimate of drug-likeness (QED) is 0.857. The molecule has 1 aromatic rings. The number of ether oxygens (including phenoxy) is 4. The average molecular weight is 375 g/mol. The van der Waals surface area contributed by atoms with Crippen LogP contribution in [0.15, 0.2) is 18.2 Å². The highest BCUT2D eigenvalue weighted by Gasteiger charge is 2.42. The number of benzene rings is 1. The molecule has 0 bridgehead atoms. The zero-order valence-corrected chi connectivity index (χ0v) is 16.2. The molecular formula is C21H29NO5. The Balaban J connectivity index is 1.24. The standard InChI is InChI=1S/C21H29NO5/c1-20(2)11-15-7-6-8-17(19(15)27-20)24-14-18(23)22-12-16-13-25-21(26-16)9-4-3-5-10-21/h6-8,16H,3-5,9-14H2,1-2H3,(H,22,23)/t16-/m0/s1. The largest absolute Gasteiger partial charge is 0.483 e. The van der Waals surface area contributed by atoms with Gasteiger partial charge in [0.15, 0.2) is 23.9 Å². The molecular weight excluding hydrogens is 346 g/mol. The highest BCUT2D eigenvalue weighted by molar-refractivity contribution is 5.77. The number of rotatable bonds is 5. The lowest BCUT2D eigenvalue weighted by Crippen LogP contribution is -2.38. The molecule has 1 aromatic carbocycles. The number of carbonyl (C=O) groups excluding carboxylic acids is 1. The van der Waals surface area contributed by atoms with Gasteiger partial charge in [-0.25, -0.2) is 0 Å². The van der Waals surface area contributed by atoms with E-state index in [2.05, 4.69) is 5.32 Å². The van der Waals surface area contributed by atoms with Crippen LogP contribution in [0.2, 0.25) is 0 Å². The van der Waals surface area contributed by atoms with Gasteiger partial charge >= 0.3 is 0 Å². The monoisotopic (exact) mass is 375 g/mol. The van der Waals surface area contributed by atoms with Gasteiger partial charge in [0, 0.05) is 31.4 Å². The van der Waals surface area contributed by atoms with E-state index in [1.54, 1.807) is 0 Å². The number of hydrogen-bond donors (Lipinski definition) is 1. The van der Waals surface area contributed by atoms with Crippen LogP contribution in [0.1, 0.15) is 51.5 Å². The first-order valence-electron chi connectivity index (χ1n) is 9.97. The van der Waals surface area contributed by atoms with Gasteiger partial charge in [-0.05, 0) is 32.8 Å². The molecule has 1 amide bonds. The maximum atomic E-state index is 12.2. The minimum absolute atomic E-state index is 0.0427. The SMILES string of the molecule is CC1(C)Cc2cccc(OCC(=O)NC[C@H]3COC4(CCCCC4)O3)c2O1. The normalized spacial score (nSPS) is 25.0. The fourth-order valence-electron chi connectivity index (χ4n) is 4.19. The van der Waals surface area contributed by atoms with Gasteiger partial charge in [-0.2, -0.15) is 0 Å². The summed E-state index contributed by atoms with van der Waals surface area (Å²) >= 11 is 0. The lowest BCUT2D eigenvalue weighted by molar-refractivity contribution is -0.186. The number of amides is 1. The summed E-state index contributed by atoms with van der Waals surface area (Å²) < 4.78 is 23.7. The van der Waals surface area contributed by atoms with Crippen LogP contribution in [0.25, 0.3) is 0 Å². The lowest BCUT2D eigenvalue weighted by Gasteiger charge is -2.31. The molecule has 1 saturated carbocycles. The molecule has 1 saturated heterocycles. The Hall–Kier alpha value is -1.79. The number of carbonyl (C=O) groups is 1. The van der Waals surface area contributed by atoms with Crippen molar-refractivity contribution in [3.63, 3.8) is 0 Å². The van der Waals surface area contributed by atoms with Crippen LogP contribution in [0, 0.1) is 0 Å². The Morgan fingerprint density at radius 3 is 2.89 bits per heavy atom. The summed E-state index contributed by atoms with van der Waals surface area (Å²) in [6.45, 7) is 5.04. The molecule has 2 heterocycles. The first kappa shape index (κ1) is 18.6. The second-order valence-corrected chi connectivity index (χ2v) is 8.40. The first-order chi connectivity index (χ1) is 12.9. The van der Waals surface area contributed by atoms with E-state index in [-0.39, 0.29) is 24.2 Å². The zero-order chi connectivity index (χ0) is 18.9. The van der Waals surface area contributed by atoms with Gasteiger partial charge in [-0.1, -0.05) is 18.6 Å². The smallest absolute Gasteiger partial charge is 0.258 e. The van der Waals surface area contributed by atoms with E-state index in [9.17, 15) is 4.79 Å². The van der Waals surface area contributed by atoms with E-state index in [1.807, 2.05) is 32.0 Å². The second-order valence-electron chi connectivity index (χ2n) is 8.40. The van der Waals surface area contributed by atoms with Gasteiger partial charge in [-0.15, -0.1) is 0 Å². The van der Waals surface area contributed by atoms with Crippen molar-refractivity contribution < 1.29 is 23.7 Å². The van der Waals surface area contributed by atoms with Crippen molar-refractivity contribution in [2.75, 3.05) is 19.8 Å². The van der Waals surface area contributed by atoms with Gasteiger partial charge < -0.3 is 24.3 Å². The van der Waals surface area contributed by atoms with Crippen LogP contribution >= 0.6 is 0 Å². The summed E-state index contributed by atoms with van der Waals surface area (Å²) in [5, 5.41) is 2.89. The average Bonchev–Trinajstić information content (AvgIpc) is 3.18. The molecule has 1 atom stereocenters. The van der Waals surface area contributed by atoms with Crippen LogP contribution in [-0.4, -0.2) is 43.2 Å². The van der Waals surface area contributed by atoms with Crippen molar-refractivity contribution in [3.8, 4) is 11.5 Å². The maximum Gasteiger partial charge on any atom is 0.258 e. The van der Waals surface area contributed by atoms with Gasteiger partial charge in [0.25, 0.3) is 5.91 Å². The Bertz CT molecular complexity index is 696. The molecule has 27 heavy (non-hydrogen) atoms. The molecule has 148 valence electrons. The van der Waals surface area contributed by atoms with Gasteiger partial charge in [0.2, 0.25) is 0 Å². The highest BCUT2D eigenvalue weighted by atomic mass is 16.7. The molecule has 0 unspecified atom stereocenters.